The van der Waals surface area contributed by atoms with Gasteiger partial charge in [0.2, 0.25) is 0 Å². The Morgan fingerprint density at radius 2 is 1.79 bits per heavy atom. The maximum Gasteiger partial charge on any atom is 0.251 e. The van der Waals surface area contributed by atoms with Gasteiger partial charge in [0.25, 0.3) is 5.91 Å². The minimum absolute atomic E-state index is 0.189. The Kier molecular flexibility index (Phi) is 6.73. The van der Waals surface area contributed by atoms with Crippen molar-refractivity contribution in [3.05, 3.63) is 71.1 Å². The summed E-state index contributed by atoms with van der Waals surface area (Å²) in [6, 6.07) is 14.3. The number of aromatic nitrogens is 1. The van der Waals surface area contributed by atoms with Gasteiger partial charge in [-0.3, -0.25) is 4.79 Å². The number of nitrogens with one attached hydrogen (secondary N) is 1. The smallest absolute Gasteiger partial charge is 0.251 e. The van der Waals surface area contributed by atoms with E-state index in [1.54, 1.807) is 25.3 Å². The van der Waals surface area contributed by atoms with Crippen LogP contribution >= 0.6 is 0 Å². The molecular formula is C22H24N2O5. The summed E-state index contributed by atoms with van der Waals surface area (Å²) in [6.07, 6.45) is 0. The quantitative estimate of drug-likeness (QED) is 0.556. The molecule has 1 heterocycles. The van der Waals surface area contributed by atoms with Crippen molar-refractivity contribution >= 4 is 5.91 Å². The van der Waals surface area contributed by atoms with Crippen LogP contribution in [0.1, 0.15) is 27.4 Å². The van der Waals surface area contributed by atoms with Crippen LogP contribution in [0.15, 0.2) is 53.1 Å². The third kappa shape index (κ3) is 5.51. The summed E-state index contributed by atoms with van der Waals surface area (Å²) in [5.41, 5.74) is 2.23. The molecule has 152 valence electrons. The molecule has 0 saturated carbocycles. The summed E-state index contributed by atoms with van der Waals surface area (Å²) in [5, 5.41) is 6.75. The molecule has 0 aliphatic carbocycles. The molecule has 3 aromatic rings. The molecule has 1 aromatic heterocycles. The van der Waals surface area contributed by atoms with Gasteiger partial charge in [-0.15, -0.1) is 0 Å². The zero-order chi connectivity index (χ0) is 20.6. The maximum absolute atomic E-state index is 12.4. The molecule has 0 bridgehead atoms. The summed E-state index contributed by atoms with van der Waals surface area (Å²) in [6.45, 7) is 4.79. The number of methoxy groups -OCH3 is 1. The highest BCUT2D eigenvalue weighted by Gasteiger charge is 2.11. The van der Waals surface area contributed by atoms with Gasteiger partial charge in [0, 0.05) is 5.56 Å². The second-order valence-electron chi connectivity index (χ2n) is 6.40. The van der Waals surface area contributed by atoms with E-state index in [0.717, 1.165) is 28.5 Å². The molecule has 0 saturated heterocycles. The third-order valence-electron chi connectivity index (χ3n) is 4.38. The SMILES string of the molecule is COc1ccc(OCCNC(=O)c2cccc(OCc3c(C)noc3C)c2)cc1. The van der Waals surface area contributed by atoms with E-state index in [1.807, 2.05) is 44.2 Å². The highest BCUT2D eigenvalue weighted by Crippen LogP contribution is 2.19. The highest BCUT2D eigenvalue weighted by atomic mass is 16.5. The molecule has 2 aromatic carbocycles. The predicted octanol–water partition coefficient (Wildman–Crippen LogP) is 3.69. The number of benzene rings is 2. The Bertz CT molecular complexity index is 931. The molecule has 3 rings (SSSR count). The number of amides is 1. The zero-order valence-corrected chi connectivity index (χ0v) is 16.7. The number of aryl methyl sites for hydroxylation is 2. The van der Waals surface area contributed by atoms with Crippen LogP contribution in [0.25, 0.3) is 0 Å². The van der Waals surface area contributed by atoms with Gasteiger partial charge in [-0.25, -0.2) is 0 Å². The number of carbonyl (C=O) groups is 1. The molecule has 29 heavy (non-hydrogen) atoms. The fraction of sp³-hybridized carbons (Fsp3) is 0.273. The number of carbonyl (C=O) groups excluding carboxylic acids is 1. The molecule has 0 aliphatic heterocycles. The lowest BCUT2D eigenvalue weighted by molar-refractivity contribution is 0.0946. The first-order valence-corrected chi connectivity index (χ1v) is 9.26. The molecule has 1 amide bonds. The average molecular weight is 396 g/mol. The number of rotatable bonds is 9. The Hall–Kier alpha value is -3.48. The van der Waals surface area contributed by atoms with Crippen LogP contribution in [0.3, 0.4) is 0 Å². The van der Waals surface area contributed by atoms with Crippen molar-refractivity contribution in [2.45, 2.75) is 20.5 Å². The van der Waals surface area contributed by atoms with Gasteiger partial charge in [-0.05, 0) is 56.3 Å². The Morgan fingerprint density at radius 1 is 1.03 bits per heavy atom. The predicted molar refractivity (Wildman–Crippen MR) is 108 cm³/mol. The van der Waals surface area contributed by atoms with Crippen LogP contribution in [0.5, 0.6) is 17.2 Å². The lowest BCUT2D eigenvalue weighted by Crippen LogP contribution is -2.28. The maximum atomic E-state index is 12.4. The van der Waals surface area contributed by atoms with Gasteiger partial charge in [-0.1, -0.05) is 11.2 Å². The first-order chi connectivity index (χ1) is 14.1. The van der Waals surface area contributed by atoms with E-state index in [0.29, 0.717) is 31.1 Å². The van der Waals surface area contributed by atoms with E-state index in [1.165, 1.54) is 0 Å². The molecule has 0 radical (unpaired) electrons. The number of nitrogens with zero attached hydrogens (tertiary/aromatic N) is 1. The molecule has 7 nitrogen and oxygen atoms in total. The summed E-state index contributed by atoms with van der Waals surface area (Å²) < 4.78 is 21.6. The van der Waals surface area contributed by atoms with Crippen LogP contribution in [0, 0.1) is 13.8 Å². The molecule has 0 fully saturated rings. The number of hydrogen-bond acceptors (Lipinski definition) is 6. The fourth-order valence-corrected chi connectivity index (χ4v) is 2.70. The van der Waals surface area contributed by atoms with Crippen LogP contribution in [0.2, 0.25) is 0 Å². The topological polar surface area (TPSA) is 82.8 Å². The zero-order valence-electron chi connectivity index (χ0n) is 16.7. The van der Waals surface area contributed by atoms with Crippen LogP contribution in [-0.4, -0.2) is 31.3 Å². The lowest BCUT2D eigenvalue weighted by atomic mass is 10.2. The molecule has 0 spiro atoms. The van der Waals surface area contributed by atoms with Gasteiger partial charge in [0.15, 0.2) is 0 Å². The summed E-state index contributed by atoms with van der Waals surface area (Å²) in [7, 11) is 1.61. The van der Waals surface area contributed by atoms with Crippen molar-refractivity contribution in [1.29, 1.82) is 0 Å². The van der Waals surface area contributed by atoms with E-state index in [9.17, 15) is 4.79 Å². The Labute approximate surface area is 169 Å². The second-order valence-corrected chi connectivity index (χ2v) is 6.40. The summed E-state index contributed by atoms with van der Waals surface area (Å²) in [4.78, 5) is 12.4. The highest BCUT2D eigenvalue weighted by molar-refractivity contribution is 5.94. The van der Waals surface area contributed by atoms with E-state index >= 15 is 0 Å². The van der Waals surface area contributed by atoms with Crippen molar-refractivity contribution in [2.75, 3.05) is 20.3 Å². The van der Waals surface area contributed by atoms with Gasteiger partial charge in [0.05, 0.1) is 24.9 Å². The first-order valence-electron chi connectivity index (χ1n) is 9.26. The van der Waals surface area contributed by atoms with Crippen molar-refractivity contribution in [3.8, 4) is 17.2 Å². The summed E-state index contributed by atoms with van der Waals surface area (Å²) in [5.74, 6) is 2.63. The minimum atomic E-state index is -0.189. The van der Waals surface area contributed by atoms with Gasteiger partial charge >= 0.3 is 0 Å². The lowest BCUT2D eigenvalue weighted by Gasteiger charge is -2.10. The van der Waals surface area contributed by atoms with Crippen molar-refractivity contribution in [2.24, 2.45) is 0 Å². The van der Waals surface area contributed by atoms with Crippen LogP contribution < -0.4 is 19.5 Å². The van der Waals surface area contributed by atoms with Crippen molar-refractivity contribution in [1.82, 2.24) is 10.5 Å². The van der Waals surface area contributed by atoms with Crippen molar-refractivity contribution < 1.29 is 23.5 Å². The molecule has 0 atom stereocenters. The number of ether oxygens (including phenoxy) is 3. The normalized spacial score (nSPS) is 10.4. The molecule has 1 N–H and O–H groups in total. The standard InChI is InChI=1S/C22H24N2O5/c1-15-21(16(2)29-24-15)14-28-20-6-4-5-17(13-20)22(25)23-11-12-27-19-9-7-18(26-3)8-10-19/h4-10,13H,11-12,14H2,1-3H3,(H,23,25). The van der Waals surface area contributed by atoms with Crippen molar-refractivity contribution in [3.63, 3.8) is 0 Å². The Morgan fingerprint density at radius 3 is 2.48 bits per heavy atom. The fourth-order valence-electron chi connectivity index (χ4n) is 2.70. The monoisotopic (exact) mass is 396 g/mol. The summed E-state index contributed by atoms with van der Waals surface area (Å²) >= 11 is 0. The Balaban J connectivity index is 1.47. The van der Waals surface area contributed by atoms with E-state index in [2.05, 4.69) is 10.5 Å². The first kappa shape index (κ1) is 20.3. The molecular weight excluding hydrogens is 372 g/mol. The van der Waals surface area contributed by atoms with Gasteiger partial charge in [-0.2, -0.15) is 0 Å². The molecule has 0 unspecified atom stereocenters. The van der Waals surface area contributed by atoms with Crippen LogP contribution in [-0.2, 0) is 6.61 Å². The molecule has 7 heteroatoms. The average Bonchev–Trinajstić information content (AvgIpc) is 3.07. The largest absolute Gasteiger partial charge is 0.497 e. The van der Waals surface area contributed by atoms with E-state index in [4.69, 9.17) is 18.7 Å². The second kappa shape index (κ2) is 9.64. The number of hydrogen-bond donors (Lipinski definition) is 1. The van der Waals surface area contributed by atoms with Gasteiger partial charge in [0.1, 0.15) is 36.2 Å². The van der Waals surface area contributed by atoms with E-state index in [-0.39, 0.29) is 5.91 Å². The van der Waals surface area contributed by atoms with Gasteiger partial charge < -0.3 is 24.1 Å². The van der Waals surface area contributed by atoms with Crippen LogP contribution in [0.4, 0.5) is 0 Å². The minimum Gasteiger partial charge on any atom is -0.497 e. The third-order valence-corrected chi connectivity index (χ3v) is 4.38. The van der Waals surface area contributed by atoms with E-state index < -0.39 is 0 Å². The molecule has 0 aliphatic rings.